The Morgan fingerprint density at radius 2 is 1.58 bits per heavy atom. The molecule has 0 saturated carbocycles. The molecule has 1 atom stereocenters. The molecule has 0 aromatic heterocycles. The van der Waals surface area contributed by atoms with Gasteiger partial charge in [0.2, 0.25) is 0 Å². The van der Waals surface area contributed by atoms with Crippen molar-refractivity contribution < 1.29 is 28.8 Å². The van der Waals surface area contributed by atoms with Gasteiger partial charge in [-0.15, -0.1) is 0 Å². The van der Waals surface area contributed by atoms with Crippen molar-refractivity contribution >= 4 is 5.97 Å². The van der Waals surface area contributed by atoms with Gasteiger partial charge in [0.05, 0.1) is 33.0 Å². The molecule has 6 heteroatoms. The highest BCUT2D eigenvalue weighted by Crippen LogP contribution is 2.00. The predicted octanol–water partition coefficient (Wildman–Crippen LogP) is 1.67. The lowest BCUT2D eigenvalue weighted by Gasteiger charge is -2.14. The average Bonchev–Trinajstić information content (AvgIpc) is 2.39. The lowest BCUT2D eigenvalue weighted by molar-refractivity contribution is -0.192. The Bertz CT molecular complexity index is 209. The quantitative estimate of drug-likeness (QED) is 0.385. The van der Waals surface area contributed by atoms with Crippen molar-refractivity contribution in [2.45, 2.75) is 39.4 Å². The summed E-state index contributed by atoms with van der Waals surface area (Å²) in [5, 5.41) is 8.89. The third-order valence-electron chi connectivity index (χ3n) is 2.29. The maximum atomic E-state index is 10.9. The molecule has 114 valence electrons. The van der Waals surface area contributed by atoms with Gasteiger partial charge in [-0.1, -0.05) is 19.8 Å². The number of hydrogen-bond acceptors (Lipinski definition) is 5. The molecule has 0 rings (SSSR count). The van der Waals surface area contributed by atoms with Gasteiger partial charge in [-0.25, -0.2) is 4.79 Å². The summed E-state index contributed by atoms with van der Waals surface area (Å²) in [7, 11) is 0. The Balaban J connectivity index is 3.51. The van der Waals surface area contributed by atoms with E-state index in [0.717, 1.165) is 19.3 Å². The Morgan fingerprint density at radius 3 is 2.21 bits per heavy atom. The molecule has 0 amide bonds. The van der Waals surface area contributed by atoms with Crippen molar-refractivity contribution in [3.05, 3.63) is 0 Å². The Labute approximate surface area is 115 Å². The van der Waals surface area contributed by atoms with Crippen molar-refractivity contribution in [3.63, 3.8) is 0 Å². The van der Waals surface area contributed by atoms with Crippen LogP contribution in [0.3, 0.4) is 0 Å². The summed E-state index contributed by atoms with van der Waals surface area (Å²) in [6.07, 6.45) is 1.73. The zero-order valence-corrected chi connectivity index (χ0v) is 11.9. The first-order chi connectivity index (χ1) is 9.22. The van der Waals surface area contributed by atoms with Crippen molar-refractivity contribution in [2.24, 2.45) is 0 Å². The standard InChI is InChI=1S/C13H26O6/c1-3-5-6-7-18-13(12(14)15)19-11-10-17-9-8-16-4-2/h13H,3-11H2,1-2H3,(H,14,15). The Kier molecular flexibility index (Phi) is 13.2. The monoisotopic (exact) mass is 278 g/mol. The van der Waals surface area contributed by atoms with E-state index in [1.165, 1.54) is 0 Å². The van der Waals surface area contributed by atoms with Gasteiger partial charge in [-0.3, -0.25) is 0 Å². The predicted molar refractivity (Wildman–Crippen MR) is 70.2 cm³/mol. The summed E-state index contributed by atoms with van der Waals surface area (Å²) in [5.41, 5.74) is 0. The average molecular weight is 278 g/mol. The van der Waals surface area contributed by atoms with Gasteiger partial charge < -0.3 is 24.1 Å². The lowest BCUT2D eigenvalue weighted by Crippen LogP contribution is -2.29. The van der Waals surface area contributed by atoms with Crippen molar-refractivity contribution in [1.82, 2.24) is 0 Å². The summed E-state index contributed by atoms with van der Waals surface area (Å²) in [5.74, 6) is -1.11. The summed E-state index contributed by atoms with van der Waals surface area (Å²) in [4.78, 5) is 10.9. The number of carboxylic acids is 1. The second-order valence-corrected chi connectivity index (χ2v) is 3.93. The third-order valence-corrected chi connectivity index (χ3v) is 2.29. The van der Waals surface area contributed by atoms with Gasteiger partial charge in [0.25, 0.3) is 6.29 Å². The van der Waals surface area contributed by atoms with E-state index in [1.807, 2.05) is 6.92 Å². The molecule has 1 N–H and O–H groups in total. The van der Waals surface area contributed by atoms with E-state index >= 15 is 0 Å². The number of carboxylic acid groups (broad SMARTS) is 1. The second kappa shape index (κ2) is 13.7. The lowest BCUT2D eigenvalue weighted by atomic mass is 10.3. The van der Waals surface area contributed by atoms with E-state index < -0.39 is 12.3 Å². The Morgan fingerprint density at radius 1 is 0.947 bits per heavy atom. The maximum absolute atomic E-state index is 10.9. The third kappa shape index (κ3) is 12.1. The number of ether oxygens (including phenoxy) is 4. The van der Waals surface area contributed by atoms with Crippen LogP contribution >= 0.6 is 0 Å². The SMILES string of the molecule is CCCCCOC(OCCOCCOCC)C(=O)O. The molecule has 0 aliphatic rings. The van der Waals surface area contributed by atoms with E-state index in [9.17, 15) is 4.79 Å². The van der Waals surface area contributed by atoms with Gasteiger partial charge in [0, 0.05) is 6.61 Å². The minimum Gasteiger partial charge on any atom is -0.477 e. The normalized spacial score (nSPS) is 12.5. The first kappa shape index (κ1) is 18.3. The van der Waals surface area contributed by atoms with Crippen LogP contribution < -0.4 is 0 Å². The van der Waals surface area contributed by atoms with Gasteiger partial charge in [-0.2, -0.15) is 0 Å². The summed E-state index contributed by atoms with van der Waals surface area (Å²) < 4.78 is 20.6. The van der Waals surface area contributed by atoms with Crippen LogP contribution in [0.5, 0.6) is 0 Å². The van der Waals surface area contributed by atoms with Crippen LogP contribution in [0.1, 0.15) is 33.1 Å². The fourth-order valence-corrected chi connectivity index (χ4v) is 1.31. The first-order valence-electron chi connectivity index (χ1n) is 6.83. The number of hydrogen-bond donors (Lipinski definition) is 1. The molecule has 0 aromatic carbocycles. The van der Waals surface area contributed by atoms with Crippen LogP contribution in [0.4, 0.5) is 0 Å². The smallest absolute Gasteiger partial charge is 0.361 e. The minimum absolute atomic E-state index is 0.191. The van der Waals surface area contributed by atoms with E-state index in [-0.39, 0.29) is 6.61 Å². The molecule has 0 aliphatic heterocycles. The van der Waals surface area contributed by atoms with Gasteiger partial charge in [0.15, 0.2) is 0 Å². The van der Waals surface area contributed by atoms with Crippen molar-refractivity contribution in [1.29, 1.82) is 0 Å². The molecule has 0 bridgehead atoms. The van der Waals surface area contributed by atoms with Crippen LogP contribution in [0.15, 0.2) is 0 Å². The summed E-state index contributed by atoms with van der Waals surface area (Å²) in [6, 6.07) is 0. The molecule has 0 aliphatic carbocycles. The topological polar surface area (TPSA) is 74.2 Å². The fourth-order valence-electron chi connectivity index (χ4n) is 1.31. The van der Waals surface area contributed by atoms with E-state index in [4.69, 9.17) is 24.1 Å². The molecular formula is C13H26O6. The highest BCUT2D eigenvalue weighted by molar-refractivity contribution is 5.70. The van der Waals surface area contributed by atoms with Gasteiger partial charge >= 0.3 is 5.97 Å². The first-order valence-corrected chi connectivity index (χ1v) is 6.83. The molecule has 0 spiro atoms. The van der Waals surface area contributed by atoms with E-state index in [1.54, 1.807) is 0 Å². The summed E-state index contributed by atoms with van der Waals surface area (Å²) in [6.45, 7) is 6.58. The second-order valence-electron chi connectivity index (χ2n) is 3.93. The van der Waals surface area contributed by atoms with Crippen molar-refractivity contribution in [3.8, 4) is 0 Å². The molecule has 1 unspecified atom stereocenters. The number of aliphatic carboxylic acids is 1. The molecule has 0 aromatic rings. The number of rotatable bonds is 14. The van der Waals surface area contributed by atoms with Crippen LogP contribution in [0.25, 0.3) is 0 Å². The highest BCUT2D eigenvalue weighted by Gasteiger charge is 2.17. The molecule has 0 saturated heterocycles. The highest BCUT2D eigenvalue weighted by atomic mass is 16.7. The zero-order chi connectivity index (χ0) is 14.3. The molecular weight excluding hydrogens is 252 g/mol. The van der Waals surface area contributed by atoms with Gasteiger partial charge in [-0.05, 0) is 13.3 Å². The molecule has 0 radical (unpaired) electrons. The Hall–Kier alpha value is -0.690. The summed E-state index contributed by atoms with van der Waals surface area (Å²) >= 11 is 0. The van der Waals surface area contributed by atoms with Gasteiger partial charge in [0.1, 0.15) is 0 Å². The van der Waals surface area contributed by atoms with Crippen molar-refractivity contribution in [2.75, 3.05) is 39.6 Å². The zero-order valence-electron chi connectivity index (χ0n) is 11.9. The number of unbranched alkanes of at least 4 members (excludes halogenated alkanes) is 2. The molecule has 0 fully saturated rings. The van der Waals surface area contributed by atoms with Crippen LogP contribution in [-0.4, -0.2) is 57.0 Å². The maximum Gasteiger partial charge on any atom is 0.361 e. The fraction of sp³-hybridized carbons (Fsp3) is 0.923. The van der Waals surface area contributed by atoms with Crippen LogP contribution in [-0.2, 0) is 23.7 Å². The van der Waals surface area contributed by atoms with E-state index in [2.05, 4.69) is 6.92 Å². The minimum atomic E-state index is -1.20. The van der Waals surface area contributed by atoms with Crippen LogP contribution in [0, 0.1) is 0 Å². The van der Waals surface area contributed by atoms with E-state index in [0.29, 0.717) is 33.0 Å². The number of carbonyl (C=O) groups is 1. The molecule has 6 nitrogen and oxygen atoms in total. The molecule has 0 heterocycles. The van der Waals surface area contributed by atoms with Crippen LogP contribution in [0.2, 0.25) is 0 Å². The largest absolute Gasteiger partial charge is 0.477 e. The molecule has 19 heavy (non-hydrogen) atoms.